The predicted molar refractivity (Wildman–Crippen MR) is 95.1 cm³/mol. The zero-order valence-electron chi connectivity index (χ0n) is 13.6. The normalized spacial score (nSPS) is 14.8. The van der Waals surface area contributed by atoms with Gasteiger partial charge in [-0.05, 0) is 36.2 Å². The van der Waals surface area contributed by atoms with Gasteiger partial charge in [-0.25, -0.2) is 4.39 Å². The molecule has 1 heterocycles. The van der Waals surface area contributed by atoms with Crippen LogP contribution in [0.25, 0.3) is 0 Å². The number of hydrogen-bond acceptors (Lipinski definition) is 2. The molecule has 0 aromatic heterocycles. The van der Waals surface area contributed by atoms with Crippen LogP contribution in [0, 0.1) is 12.7 Å². The van der Waals surface area contributed by atoms with Gasteiger partial charge in [0.05, 0.1) is 6.42 Å². The molecule has 0 saturated carbocycles. The second kappa shape index (κ2) is 7.22. The van der Waals surface area contributed by atoms with Gasteiger partial charge in [-0.15, -0.1) is 0 Å². The van der Waals surface area contributed by atoms with E-state index in [9.17, 15) is 9.18 Å². The first-order valence-corrected chi connectivity index (χ1v) is 8.44. The van der Waals surface area contributed by atoms with Gasteiger partial charge in [-0.3, -0.25) is 4.79 Å². The Morgan fingerprint density at radius 2 is 1.83 bits per heavy atom. The Labute approximate surface area is 146 Å². The lowest BCUT2D eigenvalue weighted by molar-refractivity contribution is -0.130. The number of carbonyl (C=O) groups is 1. The van der Waals surface area contributed by atoms with Crippen molar-refractivity contribution in [3.05, 3.63) is 64.4 Å². The van der Waals surface area contributed by atoms with Gasteiger partial charge >= 0.3 is 0 Å². The molecule has 1 amide bonds. The molecule has 126 valence electrons. The van der Waals surface area contributed by atoms with Crippen LogP contribution >= 0.6 is 11.6 Å². The zero-order valence-corrected chi connectivity index (χ0v) is 14.4. The number of nitrogens with zero attached hydrogens (tertiary/aromatic N) is 2. The fraction of sp³-hybridized carbons (Fsp3) is 0.316. The van der Waals surface area contributed by atoms with E-state index in [4.69, 9.17) is 11.6 Å². The Hall–Kier alpha value is -2.07. The van der Waals surface area contributed by atoms with E-state index in [1.807, 2.05) is 19.1 Å². The molecule has 0 bridgehead atoms. The van der Waals surface area contributed by atoms with Crippen molar-refractivity contribution in [3.8, 4) is 0 Å². The minimum Gasteiger partial charge on any atom is -0.368 e. The highest BCUT2D eigenvalue weighted by Gasteiger charge is 2.22. The maximum absolute atomic E-state index is 13.7. The highest BCUT2D eigenvalue weighted by Crippen LogP contribution is 2.24. The number of hydrogen-bond donors (Lipinski definition) is 0. The molecule has 2 aromatic rings. The summed E-state index contributed by atoms with van der Waals surface area (Å²) in [5.74, 6) is -0.347. The minimum absolute atomic E-state index is 0.0262. The quantitative estimate of drug-likeness (QED) is 0.846. The number of halogens is 2. The molecule has 1 fully saturated rings. The van der Waals surface area contributed by atoms with Crippen molar-refractivity contribution in [2.24, 2.45) is 0 Å². The first-order valence-electron chi connectivity index (χ1n) is 8.07. The third kappa shape index (κ3) is 3.70. The first kappa shape index (κ1) is 16.8. The van der Waals surface area contributed by atoms with Crippen molar-refractivity contribution in [2.75, 3.05) is 31.1 Å². The van der Waals surface area contributed by atoms with Crippen LogP contribution in [0.5, 0.6) is 0 Å². The molecule has 24 heavy (non-hydrogen) atoms. The largest absolute Gasteiger partial charge is 0.368 e. The van der Waals surface area contributed by atoms with Crippen LogP contribution in [-0.2, 0) is 11.2 Å². The van der Waals surface area contributed by atoms with E-state index in [1.54, 1.807) is 23.1 Å². The molecule has 0 atom stereocenters. The van der Waals surface area contributed by atoms with Gasteiger partial charge in [0.2, 0.25) is 5.91 Å². The molecule has 1 saturated heterocycles. The van der Waals surface area contributed by atoms with Gasteiger partial charge in [0, 0.05) is 36.9 Å². The summed E-state index contributed by atoms with van der Waals surface area (Å²) < 4.78 is 13.7. The monoisotopic (exact) mass is 346 g/mol. The van der Waals surface area contributed by atoms with E-state index in [0.717, 1.165) is 29.4 Å². The van der Waals surface area contributed by atoms with E-state index in [1.165, 1.54) is 6.07 Å². The molecule has 0 radical (unpaired) electrons. The van der Waals surface area contributed by atoms with Gasteiger partial charge < -0.3 is 9.80 Å². The average molecular weight is 347 g/mol. The van der Waals surface area contributed by atoms with Crippen LogP contribution in [0.2, 0.25) is 5.02 Å². The van der Waals surface area contributed by atoms with Crippen molar-refractivity contribution in [3.63, 3.8) is 0 Å². The zero-order chi connectivity index (χ0) is 17.1. The summed E-state index contributed by atoms with van der Waals surface area (Å²) in [4.78, 5) is 16.4. The van der Waals surface area contributed by atoms with E-state index in [-0.39, 0.29) is 18.1 Å². The second-order valence-corrected chi connectivity index (χ2v) is 6.48. The number of aryl methyl sites for hydroxylation is 1. The number of rotatable bonds is 3. The Kier molecular flexibility index (Phi) is 5.05. The van der Waals surface area contributed by atoms with E-state index < -0.39 is 0 Å². The van der Waals surface area contributed by atoms with Crippen molar-refractivity contribution in [1.29, 1.82) is 0 Å². The molecule has 3 nitrogen and oxygen atoms in total. The van der Waals surface area contributed by atoms with Crippen LogP contribution < -0.4 is 4.90 Å². The molecule has 1 aliphatic rings. The molecule has 2 aromatic carbocycles. The Balaban J connectivity index is 1.59. The third-order valence-corrected chi connectivity index (χ3v) is 4.86. The molecule has 0 spiro atoms. The van der Waals surface area contributed by atoms with Crippen molar-refractivity contribution >= 4 is 23.2 Å². The van der Waals surface area contributed by atoms with Crippen molar-refractivity contribution < 1.29 is 9.18 Å². The van der Waals surface area contributed by atoms with E-state index in [0.29, 0.717) is 18.7 Å². The van der Waals surface area contributed by atoms with Gasteiger partial charge in [0.1, 0.15) is 5.82 Å². The summed E-state index contributed by atoms with van der Waals surface area (Å²) in [6.07, 6.45) is 0.114. The molecular formula is C19H20ClFN2O. The molecule has 3 rings (SSSR count). The summed E-state index contributed by atoms with van der Waals surface area (Å²) >= 11 is 6.19. The Morgan fingerprint density at radius 1 is 1.12 bits per heavy atom. The first-order chi connectivity index (χ1) is 11.5. The minimum atomic E-state index is -0.321. The van der Waals surface area contributed by atoms with Gasteiger partial charge in [0.15, 0.2) is 0 Å². The molecule has 0 aliphatic carbocycles. The topological polar surface area (TPSA) is 23.6 Å². The maximum Gasteiger partial charge on any atom is 0.227 e. The summed E-state index contributed by atoms with van der Waals surface area (Å²) in [7, 11) is 0. The fourth-order valence-corrected chi connectivity index (χ4v) is 3.08. The summed E-state index contributed by atoms with van der Waals surface area (Å²) in [5.41, 5.74) is 2.58. The van der Waals surface area contributed by atoms with Crippen LogP contribution in [0.3, 0.4) is 0 Å². The van der Waals surface area contributed by atoms with Crippen LogP contribution in [0.4, 0.5) is 10.1 Å². The average Bonchev–Trinajstić information content (AvgIpc) is 2.59. The molecular weight excluding hydrogens is 327 g/mol. The number of benzene rings is 2. The SMILES string of the molecule is Cc1ccc(N2CCN(C(=O)Cc3ccccc3F)CC2)cc1Cl. The summed E-state index contributed by atoms with van der Waals surface area (Å²) in [5, 5.41) is 0.755. The third-order valence-electron chi connectivity index (χ3n) is 4.45. The van der Waals surface area contributed by atoms with E-state index >= 15 is 0 Å². The number of anilines is 1. The fourth-order valence-electron chi connectivity index (χ4n) is 2.91. The second-order valence-electron chi connectivity index (χ2n) is 6.07. The van der Waals surface area contributed by atoms with Crippen LogP contribution in [0.15, 0.2) is 42.5 Å². The predicted octanol–water partition coefficient (Wildman–Crippen LogP) is 3.68. The lowest BCUT2D eigenvalue weighted by atomic mass is 10.1. The molecule has 5 heteroatoms. The lowest BCUT2D eigenvalue weighted by Gasteiger charge is -2.36. The lowest BCUT2D eigenvalue weighted by Crippen LogP contribution is -2.49. The van der Waals surface area contributed by atoms with Gasteiger partial charge in [-0.1, -0.05) is 35.9 Å². The van der Waals surface area contributed by atoms with Crippen molar-refractivity contribution in [1.82, 2.24) is 4.90 Å². The highest BCUT2D eigenvalue weighted by molar-refractivity contribution is 6.31. The Bertz CT molecular complexity index is 742. The van der Waals surface area contributed by atoms with Gasteiger partial charge in [-0.2, -0.15) is 0 Å². The van der Waals surface area contributed by atoms with Crippen LogP contribution in [0.1, 0.15) is 11.1 Å². The van der Waals surface area contributed by atoms with Gasteiger partial charge in [0.25, 0.3) is 0 Å². The Morgan fingerprint density at radius 3 is 2.50 bits per heavy atom. The number of amides is 1. The van der Waals surface area contributed by atoms with E-state index in [2.05, 4.69) is 11.0 Å². The maximum atomic E-state index is 13.7. The smallest absolute Gasteiger partial charge is 0.227 e. The van der Waals surface area contributed by atoms with Crippen LogP contribution in [-0.4, -0.2) is 37.0 Å². The summed E-state index contributed by atoms with van der Waals surface area (Å²) in [6, 6.07) is 12.5. The number of carbonyl (C=O) groups excluding carboxylic acids is 1. The summed E-state index contributed by atoms with van der Waals surface area (Å²) in [6.45, 7) is 4.76. The number of piperazine rings is 1. The highest BCUT2D eigenvalue weighted by atomic mass is 35.5. The standard InChI is InChI=1S/C19H20ClFN2O/c1-14-6-7-16(13-17(14)20)22-8-10-23(11-9-22)19(24)12-15-4-2-3-5-18(15)21/h2-7,13H,8-12H2,1H3. The molecule has 1 aliphatic heterocycles. The molecule has 0 N–H and O–H groups in total. The molecule has 0 unspecified atom stereocenters. The van der Waals surface area contributed by atoms with Crippen molar-refractivity contribution in [2.45, 2.75) is 13.3 Å².